The van der Waals surface area contributed by atoms with Gasteiger partial charge in [-0.1, -0.05) is 18.2 Å². The number of anilines is 1. The van der Waals surface area contributed by atoms with Crippen molar-refractivity contribution in [3.63, 3.8) is 0 Å². The molecule has 2 heterocycles. The molecule has 3 rings (SSSR count). The molecule has 0 amide bonds. The zero-order chi connectivity index (χ0) is 12.5. The van der Waals surface area contributed by atoms with Crippen LogP contribution in [0.15, 0.2) is 54.9 Å². The first kappa shape index (κ1) is 10.8. The average Bonchev–Trinajstić information content (AvgIpc) is 2.82. The Kier molecular flexibility index (Phi) is 2.52. The molecule has 3 heteroatoms. The molecule has 1 aromatic carbocycles. The molecule has 0 aliphatic heterocycles. The SMILES string of the molecule is CN(C)c1ccc(-c2cnc3ccccn23)cc1. The van der Waals surface area contributed by atoms with Crippen molar-refractivity contribution in [3.05, 3.63) is 54.9 Å². The number of hydrogen-bond acceptors (Lipinski definition) is 2. The van der Waals surface area contributed by atoms with Gasteiger partial charge in [-0.2, -0.15) is 0 Å². The topological polar surface area (TPSA) is 20.5 Å². The Bertz CT molecular complexity index is 666. The fraction of sp³-hybridized carbons (Fsp3) is 0.133. The van der Waals surface area contributed by atoms with E-state index in [1.54, 1.807) is 0 Å². The van der Waals surface area contributed by atoms with Crippen LogP contribution in [0.1, 0.15) is 0 Å². The van der Waals surface area contributed by atoms with E-state index >= 15 is 0 Å². The maximum absolute atomic E-state index is 4.41. The number of rotatable bonds is 2. The molecule has 0 saturated heterocycles. The summed E-state index contributed by atoms with van der Waals surface area (Å²) in [7, 11) is 4.09. The maximum atomic E-state index is 4.41. The van der Waals surface area contributed by atoms with E-state index in [4.69, 9.17) is 0 Å². The van der Waals surface area contributed by atoms with Gasteiger partial charge in [-0.3, -0.25) is 4.40 Å². The molecular formula is C15H15N3. The normalized spacial score (nSPS) is 10.8. The van der Waals surface area contributed by atoms with E-state index in [-0.39, 0.29) is 0 Å². The molecule has 0 aliphatic carbocycles. The summed E-state index contributed by atoms with van der Waals surface area (Å²) in [4.78, 5) is 6.50. The molecule has 3 nitrogen and oxygen atoms in total. The molecule has 90 valence electrons. The predicted molar refractivity (Wildman–Crippen MR) is 75.0 cm³/mol. The molecule has 0 spiro atoms. The Morgan fingerprint density at radius 3 is 2.50 bits per heavy atom. The Balaban J connectivity index is 2.09. The lowest BCUT2D eigenvalue weighted by atomic mass is 10.1. The molecule has 0 aliphatic rings. The average molecular weight is 237 g/mol. The number of nitrogens with zero attached hydrogens (tertiary/aromatic N) is 3. The van der Waals surface area contributed by atoms with Crippen LogP contribution >= 0.6 is 0 Å². The van der Waals surface area contributed by atoms with Crippen LogP contribution in [0.25, 0.3) is 16.9 Å². The lowest BCUT2D eigenvalue weighted by Gasteiger charge is -2.12. The number of benzene rings is 1. The highest BCUT2D eigenvalue weighted by Crippen LogP contribution is 2.23. The van der Waals surface area contributed by atoms with E-state index in [9.17, 15) is 0 Å². The first-order chi connectivity index (χ1) is 8.75. The fourth-order valence-corrected chi connectivity index (χ4v) is 2.08. The Labute approximate surface area is 106 Å². The molecule has 0 radical (unpaired) electrons. The molecule has 18 heavy (non-hydrogen) atoms. The number of pyridine rings is 1. The van der Waals surface area contributed by atoms with Crippen LogP contribution in [0, 0.1) is 0 Å². The smallest absolute Gasteiger partial charge is 0.137 e. The van der Waals surface area contributed by atoms with Crippen LogP contribution < -0.4 is 4.90 Å². The molecule has 0 unspecified atom stereocenters. The van der Waals surface area contributed by atoms with Crippen molar-refractivity contribution < 1.29 is 0 Å². The molecule has 0 bridgehead atoms. The number of imidazole rings is 1. The predicted octanol–water partition coefficient (Wildman–Crippen LogP) is 3.07. The summed E-state index contributed by atoms with van der Waals surface area (Å²) in [6.07, 6.45) is 3.96. The largest absolute Gasteiger partial charge is 0.378 e. The van der Waals surface area contributed by atoms with Gasteiger partial charge in [0.2, 0.25) is 0 Å². The van der Waals surface area contributed by atoms with Crippen molar-refractivity contribution in [1.82, 2.24) is 9.38 Å². The van der Waals surface area contributed by atoms with Crippen molar-refractivity contribution in [3.8, 4) is 11.3 Å². The van der Waals surface area contributed by atoms with Crippen LogP contribution in [-0.2, 0) is 0 Å². The summed E-state index contributed by atoms with van der Waals surface area (Å²) >= 11 is 0. The van der Waals surface area contributed by atoms with Gasteiger partial charge < -0.3 is 4.90 Å². The van der Waals surface area contributed by atoms with Crippen LogP contribution in [0.2, 0.25) is 0 Å². The minimum atomic E-state index is 0.976. The molecule has 0 fully saturated rings. The van der Waals surface area contributed by atoms with Gasteiger partial charge in [0.1, 0.15) is 5.65 Å². The van der Waals surface area contributed by atoms with E-state index in [2.05, 4.69) is 38.6 Å². The van der Waals surface area contributed by atoms with Crippen molar-refractivity contribution >= 4 is 11.3 Å². The highest BCUT2D eigenvalue weighted by atomic mass is 15.1. The van der Waals surface area contributed by atoms with Crippen molar-refractivity contribution in [1.29, 1.82) is 0 Å². The number of fused-ring (bicyclic) bond motifs is 1. The van der Waals surface area contributed by atoms with Gasteiger partial charge in [-0.25, -0.2) is 4.98 Å². The first-order valence-electron chi connectivity index (χ1n) is 5.95. The summed E-state index contributed by atoms with van der Waals surface area (Å²) in [5, 5.41) is 0. The van der Waals surface area contributed by atoms with Gasteiger partial charge in [-0.15, -0.1) is 0 Å². The van der Waals surface area contributed by atoms with Crippen LogP contribution in [-0.4, -0.2) is 23.5 Å². The first-order valence-corrected chi connectivity index (χ1v) is 5.95. The Morgan fingerprint density at radius 2 is 1.78 bits per heavy atom. The molecule has 0 N–H and O–H groups in total. The van der Waals surface area contributed by atoms with Crippen molar-refractivity contribution in [2.45, 2.75) is 0 Å². The zero-order valence-electron chi connectivity index (χ0n) is 10.5. The Morgan fingerprint density at radius 1 is 1.00 bits per heavy atom. The van der Waals surface area contributed by atoms with Gasteiger partial charge in [-0.05, 0) is 24.3 Å². The summed E-state index contributed by atoms with van der Waals surface area (Å²) in [5.41, 5.74) is 4.48. The van der Waals surface area contributed by atoms with Gasteiger partial charge in [0.05, 0.1) is 11.9 Å². The third kappa shape index (κ3) is 1.74. The lowest BCUT2D eigenvalue weighted by Crippen LogP contribution is -2.07. The lowest BCUT2D eigenvalue weighted by molar-refractivity contribution is 1.13. The van der Waals surface area contributed by atoms with Crippen LogP contribution in [0.5, 0.6) is 0 Å². The molecule has 2 aromatic heterocycles. The maximum Gasteiger partial charge on any atom is 0.137 e. The van der Waals surface area contributed by atoms with E-state index < -0.39 is 0 Å². The van der Waals surface area contributed by atoms with Gasteiger partial charge in [0.15, 0.2) is 0 Å². The Hall–Kier alpha value is -2.29. The number of aromatic nitrogens is 2. The van der Waals surface area contributed by atoms with Gasteiger partial charge in [0.25, 0.3) is 0 Å². The fourth-order valence-electron chi connectivity index (χ4n) is 2.08. The van der Waals surface area contributed by atoms with Gasteiger partial charge >= 0.3 is 0 Å². The quantitative estimate of drug-likeness (QED) is 0.682. The molecule has 3 aromatic rings. The monoisotopic (exact) mass is 237 g/mol. The van der Waals surface area contributed by atoms with E-state index in [1.807, 2.05) is 44.7 Å². The minimum absolute atomic E-state index is 0.976. The second-order valence-electron chi connectivity index (χ2n) is 4.51. The second kappa shape index (κ2) is 4.18. The summed E-state index contributed by atoms with van der Waals surface area (Å²) in [6, 6.07) is 14.5. The second-order valence-corrected chi connectivity index (χ2v) is 4.51. The molecule has 0 saturated carbocycles. The summed E-state index contributed by atoms with van der Waals surface area (Å²) < 4.78 is 2.10. The van der Waals surface area contributed by atoms with Crippen molar-refractivity contribution in [2.24, 2.45) is 0 Å². The van der Waals surface area contributed by atoms with E-state index in [1.165, 1.54) is 11.3 Å². The van der Waals surface area contributed by atoms with Crippen LogP contribution in [0.3, 0.4) is 0 Å². The van der Waals surface area contributed by atoms with Crippen LogP contribution in [0.4, 0.5) is 5.69 Å². The number of hydrogen-bond donors (Lipinski definition) is 0. The molecule has 0 atom stereocenters. The third-order valence-electron chi connectivity index (χ3n) is 3.10. The molecular weight excluding hydrogens is 222 g/mol. The minimum Gasteiger partial charge on any atom is -0.378 e. The highest BCUT2D eigenvalue weighted by molar-refractivity contribution is 5.66. The standard InChI is InChI=1S/C15H15N3/c1-17(2)13-8-6-12(7-9-13)14-11-16-15-5-3-4-10-18(14)15/h3-11H,1-2H3. The van der Waals surface area contributed by atoms with Crippen molar-refractivity contribution in [2.75, 3.05) is 19.0 Å². The third-order valence-corrected chi connectivity index (χ3v) is 3.10. The zero-order valence-corrected chi connectivity index (χ0v) is 10.5. The van der Waals surface area contributed by atoms with E-state index in [0.29, 0.717) is 0 Å². The van der Waals surface area contributed by atoms with Gasteiger partial charge in [0, 0.05) is 31.5 Å². The summed E-state index contributed by atoms with van der Waals surface area (Å²) in [6.45, 7) is 0. The summed E-state index contributed by atoms with van der Waals surface area (Å²) in [5.74, 6) is 0. The highest BCUT2D eigenvalue weighted by Gasteiger charge is 2.05. The van der Waals surface area contributed by atoms with E-state index in [0.717, 1.165) is 11.3 Å².